The summed E-state index contributed by atoms with van der Waals surface area (Å²) in [7, 11) is 0. The number of likely N-dealkylation sites (tertiary alicyclic amines) is 1. The predicted octanol–water partition coefficient (Wildman–Crippen LogP) is 4.05. The number of Topliss-reactive ketones (excluding diaryl/α,β-unsaturated/α-hetero) is 1. The van der Waals surface area contributed by atoms with E-state index in [1.807, 2.05) is 36.6 Å². The van der Waals surface area contributed by atoms with Gasteiger partial charge < -0.3 is 4.52 Å². The van der Waals surface area contributed by atoms with Crippen LogP contribution in [0.3, 0.4) is 0 Å². The second kappa shape index (κ2) is 7.99. The van der Waals surface area contributed by atoms with Crippen molar-refractivity contribution in [3.8, 4) is 0 Å². The number of aromatic nitrogens is 1. The van der Waals surface area contributed by atoms with E-state index < -0.39 is 0 Å². The van der Waals surface area contributed by atoms with E-state index in [0.717, 1.165) is 60.8 Å². The highest BCUT2D eigenvalue weighted by molar-refractivity contribution is 7.98. The number of piperidine rings is 1. The number of carbonyl (C=O) groups excluding carboxylic acids is 1. The Morgan fingerprint density at radius 3 is 3.00 bits per heavy atom. The molecule has 1 aliphatic rings. The molecular formula is C19H24N2O2S. The van der Waals surface area contributed by atoms with Crippen molar-refractivity contribution in [2.45, 2.75) is 37.6 Å². The minimum absolute atomic E-state index is 0.0700. The van der Waals surface area contributed by atoms with E-state index in [1.165, 1.54) is 0 Å². The number of aryl methyl sites for hydroxylation is 1. The molecule has 5 heteroatoms. The quantitative estimate of drug-likeness (QED) is 0.584. The Morgan fingerprint density at radius 2 is 2.25 bits per heavy atom. The SMILES string of the molecule is CCc1cc(CN2CCC[C@H](C(=O)c3ccccc3SC)C2)on1. The molecular weight excluding hydrogens is 320 g/mol. The van der Waals surface area contributed by atoms with Crippen molar-refractivity contribution in [3.05, 3.63) is 47.3 Å². The van der Waals surface area contributed by atoms with Gasteiger partial charge in [0, 0.05) is 29.0 Å². The molecule has 1 fully saturated rings. The molecule has 0 amide bonds. The van der Waals surface area contributed by atoms with Crippen LogP contribution in [-0.2, 0) is 13.0 Å². The maximum atomic E-state index is 13.0. The average molecular weight is 344 g/mol. The molecule has 128 valence electrons. The van der Waals surface area contributed by atoms with E-state index in [0.29, 0.717) is 0 Å². The summed E-state index contributed by atoms with van der Waals surface area (Å²) in [6, 6.07) is 9.95. The minimum atomic E-state index is 0.0700. The molecule has 0 bridgehead atoms. The highest BCUT2D eigenvalue weighted by Gasteiger charge is 2.28. The summed E-state index contributed by atoms with van der Waals surface area (Å²) in [5, 5.41) is 4.05. The molecule has 4 nitrogen and oxygen atoms in total. The fourth-order valence-electron chi connectivity index (χ4n) is 3.30. The predicted molar refractivity (Wildman–Crippen MR) is 96.4 cm³/mol. The number of ketones is 1. The van der Waals surface area contributed by atoms with Crippen LogP contribution in [0.5, 0.6) is 0 Å². The zero-order valence-corrected chi connectivity index (χ0v) is 15.1. The van der Waals surface area contributed by atoms with Crippen molar-refractivity contribution in [1.82, 2.24) is 10.1 Å². The van der Waals surface area contributed by atoms with Crippen LogP contribution in [0.1, 0.15) is 41.6 Å². The topological polar surface area (TPSA) is 46.3 Å². The van der Waals surface area contributed by atoms with E-state index >= 15 is 0 Å². The van der Waals surface area contributed by atoms with Crippen LogP contribution in [0.2, 0.25) is 0 Å². The molecule has 2 aromatic rings. The van der Waals surface area contributed by atoms with Crippen LogP contribution >= 0.6 is 11.8 Å². The molecule has 0 spiro atoms. The van der Waals surface area contributed by atoms with Gasteiger partial charge in [0.15, 0.2) is 11.5 Å². The van der Waals surface area contributed by atoms with E-state index in [-0.39, 0.29) is 11.7 Å². The van der Waals surface area contributed by atoms with Crippen LogP contribution in [0.15, 0.2) is 39.8 Å². The first kappa shape index (κ1) is 17.2. The van der Waals surface area contributed by atoms with Crippen molar-refractivity contribution < 1.29 is 9.32 Å². The summed E-state index contributed by atoms with van der Waals surface area (Å²) in [4.78, 5) is 16.3. The third-order valence-corrected chi connectivity index (χ3v) is 5.39. The van der Waals surface area contributed by atoms with Gasteiger partial charge in [-0.05, 0) is 38.1 Å². The van der Waals surface area contributed by atoms with Gasteiger partial charge in [-0.15, -0.1) is 11.8 Å². The van der Waals surface area contributed by atoms with Crippen molar-refractivity contribution in [1.29, 1.82) is 0 Å². The normalized spacial score (nSPS) is 18.7. The molecule has 0 N–H and O–H groups in total. The molecule has 0 radical (unpaired) electrons. The monoisotopic (exact) mass is 344 g/mol. The highest BCUT2D eigenvalue weighted by atomic mass is 32.2. The first-order chi connectivity index (χ1) is 11.7. The van der Waals surface area contributed by atoms with Gasteiger partial charge in [0.2, 0.25) is 0 Å². The van der Waals surface area contributed by atoms with Gasteiger partial charge in [-0.1, -0.05) is 30.3 Å². The van der Waals surface area contributed by atoms with Crippen LogP contribution < -0.4 is 0 Å². The number of thioether (sulfide) groups is 1. The Balaban J connectivity index is 1.67. The fraction of sp³-hybridized carbons (Fsp3) is 0.474. The smallest absolute Gasteiger partial charge is 0.168 e. The number of carbonyl (C=O) groups is 1. The van der Waals surface area contributed by atoms with Crippen LogP contribution in [0.25, 0.3) is 0 Å². The number of nitrogens with zero attached hydrogens (tertiary/aromatic N) is 2. The second-order valence-electron chi connectivity index (χ2n) is 6.28. The summed E-state index contributed by atoms with van der Waals surface area (Å²) in [6.45, 7) is 4.61. The number of benzene rings is 1. The van der Waals surface area contributed by atoms with E-state index in [2.05, 4.69) is 17.0 Å². The molecule has 2 heterocycles. The lowest BCUT2D eigenvalue weighted by Crippen LogP contribution is -2.38. The lowest BCUT2D eigenvalue weighted by Gasteiger charge is -2.31. The fourth-order valence-corrected chi connectivity index (χ4v) is 3.90. The van der Waals surface area contributed by atoms with Crippen molar-refractivity contribution in [2.24, 2.45) is 5.92 Å². The van der Waals surface area contributed by atoms with E-state index in [1.54, 1.807) is 11.8 Å². The van der Waals surface area contributed by atoms with Gasteiger partial charge in [-0.3, -0.25) is 9.69 Å². The van der Waals surface area contributed by atoms with Gasteiger partial charge in [0.25, 0.3) is 0 Å². The Hall–Kier alpha value is -1.59. The summed E-state index contributed by atoms with van der Waals surface area (Å²) in [5.41, 5.74) is 1.85. The number of hydrogen-bond donors (Lipinski definition) is 0. The molecule has 0 saturated carbocycles. The molecule has 24 heavy (non-hydrogen) atoms. The van der Waals surface area contributed by atoms with Crippen LogP contribution in [-0.4, -0.2) is 35.2 Å². The Bertz CT molecular complexity index is 698. The van der Waals surface area contributed by atoms with Gasteiger partial charge in [-0.25, -0.2) is 0 Å². The largest absolute Gasteiger partial charge is 0.360 e. The maximum absolute atomic E-state index is 13.0. The van der Waals surface area contributed by atoms with Crippen LogP contribution in [0, 0.1) is 5.92 Å². The van der Waals surface area contributed by atoms with Crippen LogP contribution in [0.4, 0.5) is 0 Å². The summed E-state index contributed by atoms with van der Waals surface area (Å²) >= 11 is 1.64. The Labute approximate surface area is 147 Å². The highest BCUT2D eigenvalue weighted by Crippen LogP contribution is 2.27. The second-order valence-corrected chi connectivity index (χ2v) is 7.12. The molecule has 1 aromatic carbocycles. The first-order valence-electron chi connectivity index (χ1n) is 8.55. The molecule has 0 unspecified atom stereocenters. The Kier molecular flexibility index (Phi) is 5.74. The third kappa shape index (κ3) is 3.90. The van der Waals surface area contributed by atoms with Crippen molar-refractivity contribution in [3.63, 3.8) is 0 Å². The average Bonchev–Trinajstić information content (AvgIpc) is 3.09. The zero-order valence-electron chi connectivity index (χ0n) is 14.3. The lowest BCUT2D eigenvalue weighted by atomic mass is 9.90. The van der Waals surface area contributed by atoms with Crippen molar-refractivity contribution in [2.75, 3.05) is 19.3 Å². The zero-order chi connectivity index (χ0) is 16.9. The van der Waals surface area contributed by atoms with Gasteiger partial charge in [0.1, 0.15) is 0 Å². The van der Waals surface area contributed by atoms with E-state index in [9.17, 15) is 4.79 Å². The Morgan fingerprint density at radius 1 is 1.42 bits per heavy atom. The molecule has 3 rings (SSSR count). The summed E-state index contributed by atoms with van der Waals surface area (Å²) in [6.07, 6.45) is 4.92. The molecule has 1 aromatic heterocycles. The van der Waals surface area contributed by atoms with Gasteiger partial charge in [-0.2, -0.15) is 0 Å². The number of rotatable bonds is 6. The number of hydrogen-bond acceptors (Lipinski definition) is 5. The summed E-state index contributed by atoms with van der Waals surface area (Å²) < 4.78 is 5.40. The molecule has 1 aliphatic heterocycles. The minimum Gasteiger partial charge on any atom is -0.360 e. The lowest BCUT2D eigenvalue weighted by molar-refractivity contribution is 0.0796. The van der Waals surface area contributed by atoms with E-state index in [4.69, 9.17) is 4.52 Å². The van der Waals surface area contributed by atoms with Crippen molar-refractivity contribution >= 4 is 17.5 Å². The summed E-state index contributed by atoms with van der Waals surface area (Å²) in [5.74, 6) is 1.24. The molecule has 0 aliphatic carbocycles. The molecule has 1 saturated heterocycles. The molecule has 1 atom stereocenters. The van der Waals surface area contributed by atoms with Gasteiger partial charge >= 0.3 is 0 Å². The van der Waals surface area contributed by atoms with Gasteiger partial charge in [0.05, 0.1) is 12.2 Å². The maximum Gasteiger partial charge on any atom is 0.168 e. The third-order valence-electron chi connectivity index (χ3n) is 4.60. The standard InChI is InChI=1S/C19H24N2O2S/c1-3-15-11-16(23-20-15)13-21-10-6-7-14(12-21)19(22)17-8-4-5-9-18(17)24-2/h4-5,8-9,11,14H,3,6-7,10,12-13H2,1-2H3/t14-/m0/s1. The first-order valence-corrected chi connectivity index (χ1v) is 9.77.